The van der Waals surface area contributed by atoms with Crippen LogP contribution in [-0.4, -0.2) is 62.7 Å². The molecule has 0 radical (unpaired) electrons. The van der Waals surface area contributed by atoms with Crippen molar-refractivity contribution in [1.29, 1.82) is 0 Å². The van der Waals surface area contributed by atoms with E-state index in [4.69, 9.17) is 0 Å². The van der Waals surface area contributed by atoms with E-state index in [1.807, 2.05) is 0 Å². The second-order valence-corrected chi connectivity index (χ2v) is 6.99. The molecule has 3 nitrogen and oxygen atoms in total. The summed E-state index contributed by atoms with van der Waals surface area (Å²) in [6.45, 7) is 6.45. The first-order chi connectivity index (χ1) is 8.70. The molecule has 3 fully saturated rings. The number of nitrogens with zero attached hydrogens (tertiary/aromatic N) is 2. The molecular formula is C15H29N3. The quantitative estimate of drug-likeness (QED) is 0.818. The topological polar surface area (TPSA) is 18.5 Å². The minimum atomic E-state index is 0.755. The Morgan fingerprint density at radius 2 is 1.89 bits per heavy atom. The van der Waals surface area contributed by atoms with Gasteiger partial charge in [-0.05, 0) is 83.7 Å². The lowest BCUT2D eigenvalue weighted by Crippen LogP contribution is -2.43. The Morgan fingerprint density at radius 3 is 2.56 bits per heavy atom. The molecule has 1 N–H and O–H groups in total. The number of likely N-dealkylation sites (tertiary alicyclic amines) is 1. The molecule has 2 heterocycles. The van der Waals surface area contributed by atoms with Crippen LogP contribution in [0.15, 0.2) is 0 Å². The van der Waals surface area contributed by atoms with Crippen LogP contribution in [0.2, 0.25) is 0 Å². The monoisotopic (exact) mass is 251 g/mol. The van der Waals surface area contributed by atoms with Gasteiger partial charge in [-0.2, -0.15) is 0 Å². The maximum atomic E-state index is 3.50. The van der Waals surface area contributed by atoms with Gasteiger partial charge >= 0.3 is 0 Å². The standard InChI is InChI=1S/C15H29N3/c1-17-9-3-14(4-10-17)18(2)12-13-11-15(13)5-7-16-8-6-15/h13-14,16H,3-12H2,1-2H3. The molecule has 104 valence electrons. The second-order valence-electron chi connectivity index (χ2n) is 6.99. The third-order valence-corrected chi connectivity index (χ3v) is 5.78. The predicted octanol–water partition coefficient (Wildman–Crippen LogP) is 1.40. The summed E-state index contributed by atoms with van der Waals surface area (Å²) < 4.78 is 0. The van der Waals surface area contributed by atoms with Crippen molar-refractivity contribution in [3.8, 4) is 0 Å². The Bertz CT molecular complexity index is 277. The van der Waals surface area contributed by atoms with Gasteiger partial charge in [0, 0.05) is 12.6 Å². The van der Waals surface area contributed by atoms with Crippen molar-refractivity contribution in [1.82, 2.24) is 15.1 Å². The van der Waals surface area contributed by atoms with Crippen LogP contribution in [0.3, 0.4) is 0 Å². The summed E-state index contributed by atoms with van der Waals surface area (Å²) in [7, 11) is 4.62. The third kappa shape index (κ3) is 2.59. The molecule has 2 aliphatic heterocycles. The minimum Gasteiger partial charge on any atom is -0.317 e. The van der Waals surface area contributed by atoms with Crippen molar-refractivity contribution >= 4 is 0 Å². The van der Waals surface area contributed by atoms with Crippen LogP contribution in [0.25, 0.3) is 0 Å². The second kappa shape index (κ2) is 5.10. The van der Waals surface area contributed by atoms with Crippen molar-refractivity contribution in [2.45, 2.75) is 38.1 Å². The normalized spacial score (nSPS) is 33.2. The van der Waals surface area contributed by atoms with Crippen LogP contribution < -0.4 is 5.32 Å². The Morgan fingerprint density at radius 1 is 1.22 bits per heavy atom. The van der Waals surface area contributed by atoms with E-state index >= 15 is 0 Å². The fourth-order valence-electron chi connectivity index (χ4n) is 4.16. The van der Waals surface area contributed by atoms with Gasteiger partial charge in [-0.15, -0.1) is 0 Å². The van der Waals surface area contributed by atoms with E-state index in [0.717, 1.165) is 17.4 Å². The van der Waals surface area contributed by atoms with Gasteiger partial charge in [0.2, 0.25) is 0 Å². The van der Waals surface area contributed by atoms with Crippen LogP contribution >= 0.6 is 0 Å². The van der Waals surface area contributed by atoms with Gasteiger partial charge in [0.05, 0.1) is 0 Å². The highest BCUT2D eigenvalue weighted by Crippen LogP contribution is 2.58. The molecule has 0 aromatic carbocycles. The van der Waals surface area contributed by atoms with E-state index < -0.39 is 0 Å². The third-order valence-electron chi connectivity index (χ3n) is 5.78. The van der Waals surface area contributed by atoms with E-state index in [1.165, 1.54) is 64.8 Å². The van der Waals surface area contributed by atoms with Crippen LogP contribution in [-0.2, 0) is 0 Å². The van der Waals surface area contributed by atoms with Gasteiger partial charge in [0.25, 0.3) is 0 Å². The summed E-state index contributed by atoms with van der Waals surface area (Å²) in [5.74, 6) is 1.00. The van der Waals surface area contributed by atoms with Gasteiger partial charge in [0.1, 0.15) is 0 Å². The Labute approximate surface area is 112 Å². The summed E-state index contributed by atoms with van der Waals surface area (Å²) in [5.41, 5.74) is 0.755. The molecule has 3 rings (SSSR count). The van der Waals surface area contributed by atoms with Crippen LogP contribution in [0, 0.1) is 11.3 Å². The van der Waals surface area contributed by atoms with Crippen molar-refractivity contribution in [3.05, 3.63) is 0 Å². The lowest BCUT2D eigenvalue weighted by atomic mass is 9.91. The van der Waals surface area contributed by atoms with Crippen molar-refractivity contribution in [2.24, 2.45) is 11.3 Å². The van der Waals surface area contributed by atoms with Gasteiger partial charge < -0.3 is 15.1 Å². The molecule has 0 aromatic heterocycles. The lowest BCUT2D eigenvalue weighted by Gasteiger charge is -2.36. The van der Waals surface area contributed by atoms with Crippen molar-refractivity contribution < 1.29 is 0 Å². The zero-order valence-corrected chi connectivity index (χ0v) is 12.1. The molecule has 0 amide bonds. The summed E-state index contributed by atoms with van der Waals surface area (Å²) in [4.78, 5) is 5.14. The fourth-order valence-corrected chi connectivity index (χ4v) is 4.16. The Kier molecular flexibility index (Phi) is 3.65. The Balaban J connectivity index is 1.46. The van der Waals surface area contributed by atoms with Crippen molar-refractivity contribution in [2.75, 3.05) is 46.8 Å². The highest BCUT2D eigenvalue weighted by Gasteiger charge is 2.53. The zero-order chi connectivity index (χ0) is 12.6. The first-order valence-electron chi connectivity index (χ1n) is 7.79. The van der Waals surface area contributed by atoms with E-state index in [-0.39, 0.29) is 0 Å². The maximum absolute atomic E-state index is 3.50. The van der Waals surface area contributed by atoms with E-state index in [9.17, 15) is 0 Å². The lowest BCUT2D eigenvalue weighted by molar-refractivity contribution is 0.133. The molecule has 3 aliphatic rings. The smallest absolute Gasteiger partial charge is 0.0117 e. The molecule has 1 unspecified atom stereocenters. The summed E-state index contributed by atoms with van der Waals surface area (Å²) in [6, 6.07) is 0.848. The molecule has 1 aliphatic carbocycles. The fraction of sp³-hybridized carbons (Fsp3) is 1.00. The van der Waals surface area contributed by atoms with Crippen LogP contribution in [0.5, 0.6) is 0 Å². The first kappa shape index (κ1) is 12.9. The highest BCUT2D eigenvalue weighted by atomic mass is 15.2. The van der Waals surface area contributed by atoms with Gasteiger partial charge in [-0.25, -0.2) is 0 Å². The molecule has 3 heteroatoms. The summed E-state index contributed by atoms with van der Waals surface area (Å²) in [5, 5.41) is 3.50. The van der Waals surface area contributed by atoms with Crippen LogP contribution in [0.4, 0.5) is 0 Å². The SMILES string of the molecule is CN1CCC(N(C)CC2CC23CCNCC3)CC1. The Hall–Kier alpha value is -0.120. The van der Waals surface area contributed by atoms with E-state index in [2.05, 4.69) is 29.2 Å². The number of nitrogens with one attached hydrogen (secondary N) is 1. The van der Waals surface area contributed by atoms with Crippen LogP contribution in [0.1, 0.15) is 32.1 Å². The average molecular weight is 251 g/mol. The number of rotatable bonds is 3. The summed E-state index contributed by atoms with van der Waals surface area (Å²) in [6.07, 6.45) is 7.10. The predicted molar refractivity (Wildman–Crippen MR) is 75.8 cm³/mol. The summed E-state index contributed by atoms with van der Waals surface area (Å²) >= 11 is 0. The zero-order valence-electron chi connectivity index (χ0n) is 12.1. The number of hydrogen-bond acceptors (Lipinski definition) is 3. The maximum Gasteiger partial charge on any atom is 0.0117 e. The molecular weight excluding hydrogens is 222 g/mol. The van der Waals surface area contributed by atoms with E-state index in [0.29, 0.717) is 0 Å². The van der Waals surface area contributed by atoms with E-state index in [1.54, 1.807) is 0 Å². The van der Waals surface area contributed by atoms with Gasteiger partial charge in [-0.3, -0.25) is 0 Å². The highest BCUT2D eigenvalue weighted by molar-refractivity contribution is 5.05. The first-order valence-corrected chi connectivity index (χ1v) is 7.79. The number of piperidine rings is 2. The molecule has 0 bridgehead atoms. The molecule has 1 spiro atoms. The molecule has 18 heavy (non-hydrogen) atoms. The average Bonchev–Trinajstić information content (AvgIpc) is 3.02. The molecule has 1 saturated carbocycles. The van der Waals surface area contributed by atoms with Crippen molar-refractivity contribution in [3.63, 3.8) is 0 Å². The molecule has 0 aromatic rings. The largest absolute Gasteiger partial charge is 0.317 e. The van der Waals surface area contributed by atoms with Gasteiger partial charge in [-0.1, -0.05) is 0 Å². The number of hydrogen-bond donors (Lipinski definition) is 1. The van der Waals surface area contributed by atoms with Gasteiger partial charge in [0.15, 0.2) is 0 Å². The molecule has 1 atom stereocenters. The minimum absolute atomic E-state index is 0.755. The molecule has 2 saturated heterocycles.